The minimum Gasteiger partial charge on any atom is -0.482 e. The zero-order chi connectivity index (χ0) is 19.8. The summed E-state index contributed by atoms with van der Waals surface area (Å²) in [6.07, 6.45) is 5.47. The van der Waals surface area contributed by atoms with E-state index in [0.717, 1.165) is 23.3 Å². The molecular formula is C24H27NO3. The van der Waals surface area contributed by atoms with E-state index in [-0.39, 0.29) is 12.1 Å². The van der Waals surface area contributed by atoms with E-state index in [9.17, 15) is 4.79 Å². The number of fused-ring (bicyclic) bond motifs is 1. The Balaban J connectivity index is 1.64. The number of nitrogens with zero attached hydrogens (tertiary/aromatic N) is 1. The van der Waals surface area contributed by atoms with Gasteiger partial charge in [-0.15, -0.1) is 0 Å². The van der Waals surface area contributed by atoms with Crippen molar-refractivity contribution in [3.8, 4) is 5.75 Å². The van der Waals surface area contributed by atoms with Crippen molar-refractivity contribution in [2.75, 3.05) is 6.54 Å². The van der Waals surface area contributed by atoms with E-state index in [1.165, 1.54) is 0 Å². The van der Waals surface area contributed by atoms with E-state index in [2.05, 4.69) is 30.4 Å². The lowest BCUT2D eigenvalue weighted by atomic mass is 9.81. The van der Waals surface area contributed by atoms with Crippen LogP contribution < -0.4 is 4.74 Å². The van der Waals surface area contributed by atoms with Crippen LogP contribution in [-0.4, -0.2) is 28.7 Å². The van der Waals surface area contributed by atoms with Crippen LogP contribution in [0, 0.1) is 0 Å². The van der Waals surface area contributed by atoms with Gasteiger partial charge in [0.25, 0.3) is 0 Å². The molecule has 0 saturated carbocycles. The zero-order valence-electron chi connectivity index (χ0n) is 16.7. The molecule has 1 saturated heterocycles. The van der Waals surface area contributed by atoms with Gasteiger partial charge in [0.2, 0.25) is 0 Å². The molecule has 2 aliphatic heterocycles. The first-order valence-electron chi connectivity index (χ1n) is 9.87. The Labute approximate surface area is 166 Å². The number of ether oxygens (including phenoxy) is 2. The number of benzene rings is 2. The fraction of sp³-hybridized carbons (Fsp3) is 0.375. The molecule has 2 heterocycles. The highest BCUT2D eigenvalue weighted by molar-refractivity contribution is 5.69. The van der Waals surface area contributed by atoms with Crippen molar-refractivity contribution in [2.45, 2.75) is 50.9 Å². The predicted octanol–water partition coefficient (Wildman–Crippen LogP) is 5.60. The minimum absolute atomic E-state index is 0.0975. The number of carbonyl (C=O) groups excluding carboxylic acids is 1. The number of hydrogen-bond donors (Lipinski definition) is 0. The summed E-state index contributed by atoms with van der Waals surface area (Å²) in [4.78, 5) is 14.8. The van der Waals surface area contributed by atoms with Gasteiger partial charge in [-0.25, -0.2) is 4.79 Å². The van der Waals surface area contributed by atoms with E-state index < -0.39 is 11.2 Å². The summed E-state index contributed by atoms with van der Waals surface area (Å²) in [5.74, 6) is 0.905. The molecule has 0 bridgehead atoms. The van der Waals surface area contributed by atoms with Crippen molar-refractivity contribution < 1.29 is 14.3 Å². The third-order valence-corrected chi connectivity index (χ3v) is 5.30. The molecule has 2 aromatic carbocycles. The van der Waals surface area contributed by atoms with Gasteiger partial charge >= 0.3 is 6.09 Å². The van der Waals surface area contributed by atoms with Gasteiger partial charge in [0.15, 0.2) is 0 Å². The lowest BCUT2D eigenvalue weighted by molar-refractivity contribution is -0.0231. The van der Waals surface area contributed by atoms with Crippen molar-refractivity contribution in [1.29, 1.82) is 0 Å². The molecule has 1 fully saturated rings. The fourth-order valence-electron chi connectivity index (χ4n) is 3.97. The lowest BCUT2D eigenvalue weighted by Gasteiger charge is -2.46. The highest BCUT2D eigenvalue weighted by Gasteiger charge is 2.44. The van der Waals surface area contributed by atoms with Crippen LogP contribution >= 0.6 is 0 Å². The van der Waals surface area contributed by atoms with E-state index in [0.29, 0.717) is 13.0 Å². The third kappa shape index (κ3) is 3.77. The van der Waals surface area contributed by atoms with Gasteiger partial charge in [-0.05, 0) is 38.5 Å². The summed E-state index contributed by atoms with van der Waals surface area (Å²) >= 11 is 0. The number of carbonyl (C=O) groups is 1. The molecule has 0 radical (unpaired) electrons. The highest BCUT2D eigenvalue weighted by atomic mass is 16.6. The molecule has 2 atom stereocenters. The van der Waals surface area contributed by atoms with Crippen molar-refractivity contribution >= 4 is 12.2 Å². The predicted molar refractivity (Wildman–Crippen MR) is 110 cm³/mol. The number of para-hydroxylation sites is 1. The van der Waals surface area contributed by atoms with Crippen LogP contribution in [0.4, 0.5) is 4.79 Å². The van der Waals surface area contributed by atoms with Crippen molar-refractivity contribution in [3.63, 3.8) is 0 Å². The van der Waals surface area contributed by atoms with E-state index in [1.807, 2.05) is 62.1 Å². The van der Waals surface area contributed by atoms with Crippen LogP contribution in [0.5, 0.6) is 5.75 Å². The molecular weight excluding hydrogens is 350 g/mol. The molecule has 4 heteroatoms. The maximum Gasteiger partial charge on any atom is 0.410 e. The number of hydrogen-bond acceptors (Lipinski definition) is 3. The highest BCUT2D eigenvalue weighted by Crippen LogP contribution is 2.43. The standard InChI is InChI=1S/C24H27NO3/c1-23(2,3)28-22(26)25-16-15-24(17-20(25)18-9-5-4-6-10-18)14-13-19-11-7-8-12-21(19)27-24/h4-14,20H,15-17H2,1-3H3. The Hall–Kier alpha value is -2.75. The second-order valence-electron chi connectivity index (χ2n) is 8.59. The second-order valence-corrected chi connectivity index (χ2v) is 8.59. The van der Waals surface area contributed by atoms with Crippen molar-refractivity contribution in [3.05, 3.63) is 71.8 Å². The SMILES string of the molecule is CC(C)(C)OC(=O)N1CCC2(C=Cc3ccccc3O2)CC1c1ccccc1. The first-order valence-corrected chi connectivity index (χ1v) is 9.87. The summed E-state index contributed by atoms with van der Waals surface area (Å²) in [5, 5.41) is 0. The first-order chi connectivity index (χ1) is 13.4. The van der Waals surface area contributed by atoms with Crippen molar-refractivity contribution in [2.24, 2.45) is 0 Å². The normalized spacial score (nSPS) is 23.8. The molecule has 0 N–H and O–H groups in total. The minimum atomic E-state index is -0.520. The van der Waals surface area contributed by atoms with Crippen LogP contribution in [0.25, 0.3) is 6.08 Å². The zero-order valence-corrected chi connectivity index (χ0v) is 16.7. The van der Waals surface area contributed by atoms with Gasteiger partial charge in [0.05, 0.1) is 6.04 Å². The van der Waals surface area contributed by atoms with E-state index in [4.69, 9.17) is 9.47 Å². The third-order valence-electron chi connectivity index (χ3n) is 5.30. The molecule has 0 aromatic heterocycles. The molecule has 2 aromatic rings. The number of piperidine rings is 1. The molecule has 1 amide bonds. The van der Waals surface area contributed by atoms with E-state index >= 15 is 0 Å². The van der Waals surface area contributed by atoms with Crippen molar-refractivity contribution in [1.82, 2.24) is 4.90 Å². The number of amides is 1. The number of rotatable bonds is 1. The summed E-state index contributed by atoms with van der Waals surface area (Å²) in [7, 11) is 0. The summed E-state index contributed by atoms with van der Waals surface area (Å²) in [6.45, 7) is 6.29. The lowest BCUT2D eigenvalue weighted by Crippen LogP contribution is -2.51. The molecule has 146 valence electrons. The van der Waals surface area contributed by atoms with Gasteiger partial charge in [-0.3, -0.25) is 0 Å². The quantitative estimate of drug-likeness (QED) is 0.649. The molecule has 0 aliphatic carbocycles. The molecule has 28 heavy (non-hydrogen) atoms. The molecule has 2 unspecified atom stereocenters. The Morgan fingerprint density at radius 3 is 2.57 bits per heavy atom. The Morgan fingerprint density at radius 2 is 1.82 bits per heavy atom. The molecule has 4 rings (SSSR count). The smallest absolute Gasteiger partial charge is 0.410 e. The van der Waals surface area contributed by atoms with Gasteiger partial charge in [0.1, 0.15) is 17.0 Å². The van der Waals surface area contributed by atoms with Gasteiger partial charge in [-0.2, -0.15) is 0 Å². The summed E-state index contributed by atoms with van der Waals surface area (Å²) in [6, 6.07) is 18.1. The van der Waals surface area contributed by atoms with Crippen LogP contribution in [0.3, 0.4) is 0 Å². The van der Waals surface area contributed by atoms with Crippen LogP contribution in [0.2, 0.25) is 0 Å². The molecule has 2 aliphatic rings. The van der Waals surface area contributed by atoms with Crippen LogP contribution in [0.15, 0.2) is 60.7 Å². The topological polar surface area (TPSA) is 38.8 Å². The number of likely N-dealkylation sites (tertiary alicyclic amines) is 1. The average molecular weight is 377 g/mol. The maximum atomic E-state index is 12.9. The fourth-order valence-corrected chi connectivity index (χ4v) is 3.97. The Kier molecular flexibility index (Phi) is 4.66. The van der Waals surface area contributed by atoms with Gasteiger partial charge in [0, 0.05) is 24.9 Å². The first kappa shape index (κ1) is 18.6. The average Bonchev–Trinajstić information content (AvgIpc) is 2.67. The monoisotopic (exact) mass is 377 g/mol. The molecule has 1 spiro atoms. The summed E-state index contributed by atoms with van der Waals surface area (Å²) in [5.41, 5.74) is 1.27. The summed E-state index contributed by atoms with van der Waals surface area (Å²) < 4.78 is 12.2. The van der Waals surface area contributed by atoms with Crippen LogP contribution in [-0.2, 0) is 4.74 Å². The van der Waals surface area contributed by atoms with Gasteiger partial charge in [-0.1, -0.05) is 54.6 Å². The van der Waals surface area contributed by atoms with Crippen LogP contribution in [0.1, 0.15) is 50.8 Å². The Morgan fingerprint density at radius 1 is 1.11 bits per heavy atom. The Bertz CT molecular complexity index is 884. The largest absolute Gasteiger partial charge is 0.482 e. The van der Waals surface area contributed by atoms with Gasteiger partial charge < -0.3 is 14.4 Å². The molecule has 4 nitrogen and oxygen atoms in total. The van der Waals surface area contributed by atoms with E-state index in [1.54, 1.807) is 0 Å². The maximum absolute atomic E-state index is 12.9. The second kappa shape index (κ2) is 7.01.